The van der Waals surface area contributed by atoms with Gasteiger partial charge >= 0.3 is 5.97 Å². The minimum atomic E-state index is -0.859. The molecule has 4 heterocycles. The number of ether oxygens (including phenoxy) is 1. The molecule has 9 nitrogen and oxygen atoms in total. The van der Waals surface area contributed by atoms with E-state index in [0.717, 1.165) is 54.7 Å². The number of aromatic nitrogens is 1. The second-order valence-electron chi connectivity index (χ2n) is 11.2. The molecule has 5 rings (SSSR count). The predicted molar refractivity (Wildman–Crippen MR) is 151 cm³/mol. The number of amides is 2. The molecule has 3 aliphatic rings. The molecule has 2 saturated heterocycles. The van der Waals surface area contributed by atoms with Crippen LogP contribution in [0.1, 0.15) is 62.5 Å². The summed E-state index contributed by atoms with van der Waals surface area (Å²) in [6.07, 6.45) is 8.95. The Hall–Kier alpha value is -3.46. The quantitative estimate of drug-likeness (QED) is 0.457. The van der Waals surface area contributed by atoms with Gasteiger partial charge in [-0.1, -0.05) is 25.5 Å². The van der Waals surface area contributed by atoms with Crippen LogP contribution in [0.4, 0.5) is 5.69 Å². The average molecular weight is 549 g/mol. The molecule has 2 fully saturated rings. The van der Waals surface area contributed by atoms with Gasteiger partial charge < -0.3 is 19.6 Å². The molecule has 0 aliphatic carbocycles. The van der Waals surface area contributed by atoms with E-state index < -0.39 is 11.9 Å². The van der Waals surface area contributed by atoms with Crippen molar-refractivity contribution in [1.29, 1.82) is 0 Å². The lowest BCUT2D eigenvalue weighted by Crippen LogP contribution is -2.46. The molecule has 2 aromatic rings. The Morgan fingerprint density at radius 1 is 1.20 bits per heavy atom. The van der Waals surface area contributed by atoms with Crippen LogP contribution in [0.25, 0.3) is 0 Å². The van der Waals surface area contributed by atoms with E-state index in [1.807, 2.05) is 29.2 Å². The number of fused-ring (bicyclic) bond motifs is 1. The number of nitrogens with zero attached hydrogens (tertiary/aromatic N) is 4. The summed E-state index contributed by atoms with van der Waals surface area (Å²) < 4.78 is 5.68. The summed E-state index contributed by atoms with van der Waals surface area (Å²) in [5.41, 5.74) is 2.83. The normalized spacial score (nSPS) is 22.7. The summed E-state index contributed by atoms with van der Waals surface area (Å²) in [7, 11) is 0. The Labute approximate surface area is 236 Å². The second-order valence-corrected chi connectivity index (χ2v) is 11.2. The number of unbranched alkanes of at least 4 members (excludes halogenated alkanes) is 1. The van der Waals surface area contributed by atoms with Crippen molar-refractivity contribution in [1.82, 2.24) is 14.8 Å². The molecule has 214 valence electrons. The van der Waals surface area contributed by atoms with E-state index in [4.69, 9.17) is 4.74 Å². The van der Waals surface area contributed by atoms with Gasteiger partial charge in [-0.3, -0.25) is 24.3 Å². The number of aliphatic carboxylic acids is 1. The fourth-order valence-electron chi connectivity index (χ4n) is 6.50. The molecule has 0 bridgehead atoms. The maximum atomic E-state index is 13.8. The van der Waals surface area contributed by atoms with Crippen molar-refractivity contribution in [2.75, 3.05) is 44.2 Å². The molecule has 0 radical (unpaired) electrons. The highest BCUT2D eigenvalue weighted by atomic mass is 16.5. The zero-order valence-corrected chi connectivity index (χ0v) is 23.3. The van der Waals surface area contributed by atoms with Gasteiger partial charge in [0.1, 0.15) is 5.75 Å². The number of hydrogen-bond acceptors (Lipinski definition) is 6. The van der Waals surface area contributed by atoms with Crippen molar-refractivity contribution < 1.29 is 24.2 Å². The van der Waals surface area contributed by atoms with Crippen molar-refractivity contribution in [2.24, 2.45) is 5.92 Å². The van der Waals surface area contributed by atoms with Crippen molar-refractivity contribution in [2.45, 2.75) is 63.8 Å². The molecule has 9 heteroatoms. The number of carbonyl (C=O) groups excluding carboxylic acids is 2. The third-order valence-corrected chi connectivity index (χ3v) is 8.62. The first-order chi connectivity index (χ1) is 19.5. The second kappa shape index (κ2) is 12.8. The maximum Gasteiger partial charge on any atom is 0.308 e. The molecule has 1 aromatic carbocycles. The number of pyridine rings is 1. The lowest BCUT2D eigenvalue weighted by atomic mass is 9.83. The minimum Gasteiger partial charge on any atom is -0.493 e. The van der Waals surface area contributed by atoms with Gasteiger partial charge in [-0.05, 0) is 55.0 Å². The van der Waals surface area contributed by atoms with Crippen LogP contribution in [0.3, 0.4) is 0 Å². The van der Waals surface area contributed by atoms with E-state index in [-0.39, 0.29) is 30.3 Å². The molecule has 3 unspecified atom stereocenters. The molecular weight excluding hydrogens is 508 g/mol. The number of carboxylic acids is 1. The molecule has 3 aliphatic heterocycles. The highest BCUT2D eigenvalue weighted by molar-refractivity contribution is 5.94. The summed E-state index contributed by atoms with van der Waals surface area (Å²) in [5.74, 6) is -0.870. The van der Waals surface area contributed by atoms with Crippen LogP contribution in [0.5, 0.6) is 5.75 Å². The average Bonchev–Trinajstić information content (AvgIpc) is 3.57. The Morgan fingerprint density at radius 2 is 2.08 bits per heavy atom. The van der Waals surface area contributed by atoms with Gasteiger partial charge in [0.05, 0.1) is 31.0 Å². The van der Waals surface area contributed by atoms with Crippen LogP contribution in [-0.2, 0) is 20.8 Å². The van der Waals surface area contributed by atoms with E-state index >= 15 is 0 Å². The zero-order chi connectivity index (χ0) is 28.1. The topological polar surface area (TPSA) is 103 Å². The number of hydrogen-bond donors (Lipinski definition) is 1. The summed E-state index contributed by atoms with van der Waals surface area (Å²) in [5, 5.41) is 10.5. The van der Waals surface area contributed by atoms with Crippen LogP contribution < -0.4 is 9.64 Å². The summed E-state index contributed by atoms with van der Waals surface area (Å²) >= 11 is 0. The predicted octanol–water partition coefficient (Wildman–Crippen LogP) is 3.72. The Kier molecular flexibility index (Phi) is 8.99. The molecule has 0 spiro atoms. The largest absolute Gasteiger partial charge is 0.493 e. The monoisotopic (exact) mass is 548 g/mol. The SMILES string of the molecule is CCCCN(C(=O)CN1CC(c2ccc3c(c2)CCO3)C(C(=O)O)C1CCN1CCCCC1=O)c1cccnc1. The van der Waals surface area contributed by atoms with Crippen molar-refractivity contribution >= 4 is 23.5 Å². The fourth-order valence-corrected chi connectivity index (χ4v) is 6.50. The van der Waals surface area contributed by atoms with E-state index in [1.165, 1.54) is 0 Å². The number of piperidine rings is 1. The molecule has 1 N–H and O–H groups in total. The third-order valence-electron chi connectivity index (χ3n) is 8.62. The molecule has 40 heavy (non-hydrogen) atoms. The van der Waals surface area contributed by atoms with E-state index in [0.29, 0.717) is 45.6 Å². The number of benzene rings is 1. The number of carboxylic acid groups (broad SMARTS) is 1. The number of anilines is 1. The Balaban J connectivity index is 1.42. The number of rotatable bonds is 11. The van der Waals surface area contributed by atoms with Crippen LogP contribution in [0, 0.1) is 5.92 Å². The Morgan fingerprint density at radius 3 is 2.83 bits per heavy atom. The number of carbonyl (C=O) groups is 3. The minimum absolute atomic E-state index is 0.0624. The van der Waals surface area contributed by atoms with Crippen LogP contribution >= 0.6 is 0 Å². The molecule has 2 amide bonds. The zero-order valence-electron chi connectivity index (χ0n) is 23.3. The van der Waals surface area contributed by atoms with Crippen LogP contribution in [-0.4, -0.2) is 83.0 Å². The molecule has 1 aromatic heterocycles. The standard InChI is InChI=1S/C31H40N4O5/c1-2-3-15-35(24-7-6-13-32-19-24)29(37)21-34-20-25(22-9-10-27-23(18-22)12-17-40-27)30(31(38)39)26(34)11-16-33-14-5-4-8-28(33)36/h6-7,9-10,13,18-19,25-26,30H,2-5,8,11-12,14-17,20-21H2,1H3,(H,38,39). The van der Waals surface area contributed by atoms with Gasteiger partial charge in [0.25, 0.3) is 0 Å². The smallest absolute Gasteiger partial charge is 0.308 e. The third kappa shape index (κ3) is 6.14. The first kappa shape index (κ1) is 28.1. The van der Waals surface area contributed by atoms with Gasteiger partial charge in [-0.15, -0.1) is 0 Å². The highest BCUT2D eigenvalue weighted by Crippen LogP contribution is 2.41. The van der Waals surface area contributed by atoms with Crippen LogP contribution in [0.2, 0.25) is 0 Å². The van der Waals surface area contributed by atoms with E-state index in [9.17, 15) is 19.5 Å². The van der Waals surface area contributed by atoms with E-state index in [2.05, 4.69) is 22.9 Å². The summed E-state index contributed by atoms with van der Waals surface area (Å²) in [6.45, 7) is 5.11. The van der Waals surface area contributed by atoms with Crippen molar-refractivity contribution in [3.05, 3.63) is 53.9 Å². The number of likely N-dealkylation sites (tertiary alicyclic amines) is 2. The molecule has 3 atom stereocenters. The van der Waals surface area contributed by atoms with Crippen molar-refractivity contribution in [3.8, 4) is 5.75 Å². The van der Waals surface area contributed by atoms with Gasteiger partial charge in [0.2, 0.25) is 11.8 Å². The maximum absolute atomic E-state index is 13.8. The Bertz CT molecular complexity index is 1210. The van der Waals surface area contributed by atoms with Gasteiger partial charge in [-0.2, -0.15) is 0 Å². The lowest BCUT2D eigenvalue weighted by Gasteiger charge is -2.32. The summed E-state index contributed by atoms with van der Waals surface area (Å²) in [6, 6.07) is 9.35. The van der Waals surface area contributed by atoms with Crippen molar-refractivity contribution in [3.63, 3.8) is 0 Å². The lowest BCUT2D eigenvalue weighted by molar-refractivity contribution is -0.143. The van der Waals surface area contributed by atoms with Gasteiger partial charge in [0, 0.05) is 57.2 Å². The summed E-state index contributed by atoms with van der Waals surface area (Å²) in [4.78, 5) is 49.1. The molecular formula is C31H40N4O5. The van der Waals surface area contributed by atoms with Gasteiger partial charge in [-0.25, -0.2) is 0 Å². The first-order valence-corrected chi connectivity index (χ1v) is 14.7. The fraction of sp³-hybridized carbons (Fsp3) is 0.548. The van der Waals surface area contributed by atoms with Gasteiger partial charge in [0.15, 0.2) is 0 Å². The molecule has 0 saturated carbocycles. The highest BCUT2D eigenvalue weighted by Gasteiger charge is 2.47. The van der Waals surface area contributed by atoms with Crippen LogP contribution in [0.15, 0.2) is 42.7 Å². The van der Waals surface area contributed by atoms with E-state index in [1.54, 1.807) is 17.3 Å². The first-order valence-electron chi connectivity index (χ1n) is 14.7.